The van der Waals surface area contributed by atoms with Gasteiger partial charge in [-0.1, -0.05) is 73.7 Å². The van der Waals surface area contributed by atoms with E-state index in [1.165, 1.54) is 0 Å². The third kappa shape index (κ3) is 5.40. The number of esters is 1. The van der Waals surface area contributed by atoms with Crippen molar-refractivity contribution in [2.45, 2.75) is 32.8 Å². The summed E-state index contributed by atoms with van der Waals surface area (Å²) in [5.74, 6) is 0.991. The average Bonchev–Trinajstić information content (AvgIpc) is 3.67. The standard InChI is InChI=1S/C30H29N3O4/c1-3-30(17-18-30)28(34)37-25-15-13-23(14-16-25)22-9-11-24(12-10-22)26-19-31-33(2)27(26)32-29(35)36-20-21-7-5-4-6-8-21/h4-16,19H,3,17-18,20H2,1-2H3,(H,32,35). The predicted octanol–water partition coefficient (Wildman–Crippen LogP) is 6.60. The largest absolute Gasteiger partial charge is 0.444 e. The molecule has 0 atom stereocenters. The summed E-state index contributed by atoms with van der Waals surface area (Å²) in [6.45, 7) is 2.22. The van der Waals surface area contributed by atoms with E-state index in [2.05, 4.69) is 10.4 Å². The van der Waals surface area contributed by atoms with Gasteiger partial charge in [0.25, 0.3) is 0 Å². The molecule has 1 aliphatic rings. The highest BCUT2D eigenvalue weighted by molar-refractivity contribution is 5.90. The summed E-state index contributed by atoms with van der Waals surface area (Å²) in [7, 11) is 1.77. The Morgan fingerprint density at radius 1 is 0.919 bits per heavy atom. The summed E-state index contributed by atoms with van der Waals surface area (Å²) in [6, 6.07) is 25.1. The molecule has 3 aromatic carbocycles. The van der Waals surface area contributed by atoms with Crippen LogP contribution < -0.4 is 10.1 Å². The van der Waals surface area contributed by atoms with E-state index in [0.29, 0.717) is 11.6 Å². The third-order valence-corrected chi connectivity index (χ3v) is 6.93. The number of rotatable bonds is 8. The number of hydrogen-bond acceptors (Lipinski definition) is 5. The molecule has 1 N–H and O–H groups in total. The molecule has 1 saturated carbocycles. The quantitative estimate of drug-likeness (QED) is 0.220. The second-order valence-corrected chi connectivity index (χ2v) is 9.34. The molecule has 188 valence electrons. The monoisotopic (exact) mass is 495 g/mol. The van der Waals surface area contributed by atoms with Gasteiger partial charge in [-0.3, -0.25) is 14.8 Å². The Kier molecular flexibility index (Phi) is 6.77. The number of aryl methyl sites for hydroxylation is 1. The van der Waals surface area contributed by atoms with Crippen LogP contribution >= 0.6 is 0 Å². The first-order valence-electron chi connectivity index (χ1n) is 12.4. The normalized spacial score (nSPS) is 13.6. The Labute approximate surface area is 216 Å². The maximum atomic E-state index is 12.4. The Morgan fingerprint density at radius 2 is 1.54 bits per heavy atom. The molecule has 1 aromatic heterocycles. The molecule has 0 spiro atoms. The number of amides is 1. The number of carbonyl (C=O) groups excluding carboxylic acids is 2. The van der Waals surface area contributed by atoms with Crippen LogP contribution in [-0.4, -0.2) is 21.8 Å². The molecular formula is C30H29N3O4. The van der Waals surface area contributed by atoms with Gasteiger partial charge in [0.15, 0.2) is 0 Å². The van der Waals surface area contributed by atoms with E-state index in [4.69, 9.17) is 9.47 Å². The minimum absolute atomic E-state index is 0.128. The SMILES string of the molecule is CCC1(C(=O)Oc2ccc(-c3ccc(-c4cnn(C)c4NC(=O)OCc4ccccc4)cc3)cc2)CC1. The molecule has 1 aliphatic carbocycles. The molecule has 0 unspecified atom stereocenters. The van der Waals surface area contributed by atoms with Gasteiger partial charge in [0.05, 0.1) is 11.6 Å². The zero-order valence-electron chi connectivity index (χ0n) is 20.9. The van der Waals surface area contributed by atoms with Gasteiger partial charge in [-0.2, -0.15) is 5.10 Å². The topological polar surface area (TPSA) is 82.5 Å². The van der Waals surface area contributed by atoms with Crippen LogP contribution in [0.25, 0.3) is 22.3 Å². The van der Waals surface area contributed by atoms with Crippen LogP contribution in [0.15, 0.2) is 85.1 Å². The fourth-order valence-corrected chi connectivity index (χ4v) is 4.28. The number of hydrogen-bond donors (Lipinski definition) is 1. The third-order valence-electron chi connectivity index (χ3n) is 6.93. The van der Waals surface area contributed by atoms with E-state index in [1.54, 1.807) is 17.9 Å². The molecule has 1 heterocycles. The minimum Gasteiger partial charge on any atom is -0.444 e. The number of benzene rings is 3. The smallest absolute Gasteiger partial charge is 0.413 e. The van der Waals surface area contributed by atoms with E-state index in [0.717, 1.165) is 47.1 Å². The van der Waals surface area contributed by atoms with Gasteiger partial charge >= 0.3 is 12.1 Å². The Hall–Kier alpha value is -4.39. The van der Waals surface area contributed by atoms with Crippen molar-refractivity contribution < 1.29 is 19.1 Å². The first-order chi connectivity index (χ1) is 18.0. The van der Waals surface area contributed by atoms with Gasteiger partial charge in [-0.05, 0) is 53.6 Å². The summed E-state index contributed by atoms with van der Waals surface area (Å²) in [6.07, 6.45) is 3.82. The lowest BCUT2D eigenvalue weighted by atomic mass is 10.0. The molecule has 7 heteroatoms. The zero-order valence-corrected chi connectivity index (χ0v) is 20.9. The van der Waals surface area contributed by atoms with Crippen molar-refractivity contribution in [3.8, 4) is 28.0 Å². The van der Waals surface area contributed by atoms with Crippen molar-refractivity contribution in [3.63, 3.8) is 0 Å². The lowest BCUT2D eigenvalue weighted by Crippen LogP contribution is -2.21. The number of aromatic nitrogens is 2. The van der Waals surface area contributed by atoms with Crippen LogP contribution in [0.2, 0.25) is 0 Å². The maximum Gasteiger partial charge on any atom is 0.413 e. The van der Waals surface area contributed by atoms with Crippen molar-refractivity contribution in [2.75, 3.05) is 5.32 Å². The van der Waals surface area contributed by atoms with Gasteiger partial charge in [-0.25, -0.2) is 4.79 Å². The number of ether oxygens (including phenoxy) is 2. The first-order valence-corrected chi connectivity index (χ1v) is 12.4. The minimum atomic E-state index is -0.544. The molecule has 37 heavy (non-hydrogen) atoms. The molecule has 0 aliphatic heterocycles. The zero-order chi connectivity index (χ0) is 25.8. The lowest BCUT2D eigenvalue weighted by molar-refractivity contribution is -0.140. The summed E-state index contributed by atoms with van der Waals surface area (Å²) in [5.41, 5.74) is 4.38. The molecule has 0 saturated heterocycles. The molecule has 1 amide bonds. The number of anilines is 1. The summed E-state index contributed by atoms with van der Waals surface area (Å²) >= 11 is 0. The molecule has 1 fully saturated rings. The van der Waals surface area contributed by atoms with Gasteiger partial charge in [0.1, 0.15) is 18.2 Å². The average molecular weight is 496 g/mol. The fraction of sp³-hybridized carbons (Fsp3) is 0.233. The van der Waals surface area contributed by atoms with Gasteiger partial charge in [-0.15, -0.1) is 0 Å². The Balaban J connectivity index is 1.24. The van der Waals surface area contributed by atoms with Crippen molar-refractivity contribution in [3.05, 3.63) is 90.6 Å². The van der Waals surface area contributed by atoms with Gasteiger partial charge in [0, 0.05) is 12.6 Å². The molecule has 0 bridgehead atoms. The van der Waals surface area contributed by atoms with Gasteiger partial charge < -0.3 is 9.47 Å². The Bertz CT molecular complexity index is 1390. The number of nitrogens with zero attached hydrogens (tertiary/aromatic N) is 2. The second kappa shape index (κ2) is 10.3. The van der Waals surface area contributed by atoms with E-state index < -0.39 is 6.09 Å². The molecular weight excluding hydrogens is 466 g/mol. The van der Waals surface area contributed by atoms with Gasteiger partial charge in [0.2, 0.25) is 0 Å². The van der Waals surface area contributed by atoms with E-state index in [-0.39, 0.29) is 18.0 Å². The molecule has 5 rings (SSSR count). The van der Waals surface area contributed by atoms with Crippen LogP contribution in [0.4, 0.5) is 10.6 Å². The van der Waals surface area contributed by atoms with Crippen LogP contribution in [0, 0.1) is 5.41 Å². The Morgan fingerprint density at radius 3 is 2.16 bits per heavy atom. The highest BCUT2D eigenvalue weighted by atomic mass is 16.5. The fourth-order valence-electron chi connectivity index (χ4n) is 4.28. The van der Waals surface area contributed by atoms with Crippen molar-refractivity contribution >= 4 is 17.9 Å². The second-order valence-electron chi connectivity index (χ2n) is 9.34. The van der Waals surface area contributed by atoms with Crippen LogP contribution in [0.3, 0.4) is 0 Å². The number of carbonyl (C=O) groups is 2. The predicted molar refractivity (Wildman–Crippen MR) is 142 cm³/mol. The van der Waals surface area contributed by atoms with Crippen molar-refractivity contribution in [1.82, 2.24) is 9.78 Å². The summed E-state index contributed by atoms with van der Waals surface area (Å²) < 4.78 is 12.6. The molecule has 7 nitrogen and oxygen atoms in total. The van der Waals surface area contributed by atoms with Crippen LogP contribution in [0.1, 0.15) is 31.7 Å². The number of nitrogens with one attached hydrogen (secondary N) is 1. The van der Waals surface area contributed by atoms with E-state index in [1.807, 2.05) is 85.8 Å². The highest BCUT2D eigenvalue weighted by Crippen LogP contribution is 2.49. The van der Waals surface area contributed by atoms with E-state index in [9.17, 15) is 9.59 Å². The first kappa shape index (κ1) is 24.3. The van der Waals surface area contributed by atoms with Crippen molar-refractivity contribution in [1.29, 1.82) is 0 Å². The molecule has 0 radical (unpaired) electrons. The van der Waals surface area contributed by atoms with E-state index >= 15 is 0 Å². The van der Waals surface area contributed by atoms with Crippen LogP contribution in [-0.2, 0) is 23.2 Å². The highest BCUT2D eigenvalue weighted by Gasteiger charge is 2.49. The van der Waals surface area contributed by atoms with Crippen LogP contribution in [0.5, 0.6) is 5.75 Å². The summed E-state index contributed by atoms with van der Waals surface area (Å²) in [5, 5.41) is 7.12. The summed E-state index contributed by atoms with van der Waals surface area (Å²) in [4.78, 5) is 24.8. The lowest BCUT2D eigenvalue weighted by Gasteiger charge is -2.12. The maximum absolute atomic E-state index is 12.4. The van der Waals surface area contributed by atoms with Crippen molar-refractivity contribution in [2.24, 2.45) is 12.5 Å². The molecule has 4 aromatic rings.